The van der Waals surface area contributed by atoms with Crippen LogP contribution in [0.25, 0.3) is 21.5 Å². The number of amides is 1. The van der Waals surface area contributed by atoms with E-state index in [0.717, 1.165) is 14.9 Å². The van der Waals surface area contributed by atoms with Crippen LogP contribution in [0, 0.1) is 14.9 Å². The molecule has 1 aromatic carbocycles. The molecule has 0 fully saturated rings. The number of pyridine rings is 1. The predicted molar refractivity (Wildman–Crippen MR) is 120 cm³/mol. The van der Waals surface area contributed by atoms with Crippen molar-refractivity contribution < 1.29 is 14.0 Å². The molecule has 0 aliphatic carbocycles. The third-order valence-electron chi connectivity index (χ3n) is 4.37. The van der Waals surface area contributed by atoms with Gasteiger partial charge < -0.3 is 16.8 Å². The molecular formula is C18H13IN7O3S+. The van der Waals surface area contributed by atoms with Gasteiger partial charge in [0.1, 0.15) is 27.2 Å². The number of anilines is 3. The highest BCUT2D eigenvalue weighted by molar-refractivity contribution is 14.1. The minimum atomic E-state index is -0.712. The molecule has 10 nitrogen and oxygen atoms in total. The number of rotatable bonds is 3. The maximum Gasteiger partial charge on any atom is 0.435 e. The van der Waals surface area contributed by atoms with Gasteiger partial charge in [0.2, 0.25) is 0 Å². The first-order valence-electron chi connectivity index (χ1n) is 8.38. The summed E-state index contributed by atoms with van der Waals surface area (Å²) in [6.45, 7) is 0. The van der Waals surface area contributed by atoms with Crippen LogP contribution in [0.3, 0.4) is 0 Å². The molecule has 0 saturated heterocycles. The second kappa shape index (κ2) is 7.43. The monoisotopic (exact) mass is 534 g/mol. The van der Waals surface area contributed by atoms with Crippen LogP contribution in [0.5, 0.6) is 0 Å². The van der Waals surface area contributed by atoms with E-state index in [4.69, 9.17) is 16.0 Å². The van der Waals surface area contributed by atoms with Crippen LogP contribution >= 0.6 is 33.9 Å². The summed E-state index contributed by atoms with van der Waals surface area (Å²) in [5.41, 5.74) is 12.4. The van der Waals surface area contributed by atoms with Crippen LogP contribution in [-0.4, -0.2) is 16.2 Å². The van der Waals surface area contributed by atoms with Crippen LogP contribution in [0.4, 0.5) is 17.2 Å². The molecular weight excluding hydrogens is 521 g/mol. The number of aromatic nitrogens is 3. The lowest BCUT2D eigenvalue weighted by molar-refractivity contribution is -0.730. The predicted octanol–water partition coefficient (Wildman–Crippen LogP) is 1.96. The highest BCUT2D eigenvalue weighted by atomic mass is 127. The van der Waals surface area contributed by atoms with E-state index >= 15 is 0 Å². The fourth-order valence-corrected chi connectivity index (χ4v) is 4.39. The topological polar surface area (TPSA) is 168 Å². The lowest BCUT2D eigenvalue weighted by atomic mass is 10.0. The summed E-state index contributed by atoms with van der Waals surface area (Å²) < 4.78 is 7.15. The molecule has 3 aromatic heterocycles. The largest absolute Gasteiger partial charge is 0.435 e. The van der Waals surface area contributed by atoms with Crippen molar-refractivity contribution in [1.29, 1.82) is 5.26 Å². The lowest BCUT2D eigenvalue weighted by Crippen LogP contribution is -2.34. The van der Waals surface area contributed by atoms with Gasteiger partial charge in [0, 0.05) is 9.26 Å². The fourth-order valence-electron chi connectivity index (χ4n) is 3.02. The van der Waals surface area contributed by atoms with E-state index in [0.29, 0.717) is 15.9 Å². The number of fused-ring (bicyclic) bond motifs is 1. The SMILES string of the molecule is C[n+]1[nH]oc(=O)c1-c1c(C#N)c(N)nc2sc(C(=O)Nc3ccc(I)cc3)c(N)c12. The number of aryl methyl sites for hydroxylation is 1. The Morgan fingerprint density at radius 3 is 2.67 bits per heavy atom. The quantitative estimate of drug-likeness (QED) is 0.230. The van der Waals surface area contributed by atoms with E-state index in [2.05, 4.69) is 38.2 Å². The second-order valence-electron chi connectivity index (χ2n) is 6.23. The van der Waals surface area contributed by atoms with Crippen LogP contribution < -0.4 is 27.1 Å². The minimum absolute atomic E-state index is 0.0286. The van der Waals surface area contributed by atoms with Crippen molar-refractivity contribution in [3.8, 4) is 17.3 Å². The first-order chi connectivity index (χ1) is 14.3. The molecule has 0 unspecified atom stereocenters. The maximum atomic E-state index is 12.9. The Balaban J connectivity index is 1.93. The third-order valence-corrected chi connectivity index (χ3v) is 6.18. The van der Waals surface area contributed by atoms with E-state index in [1.807, 2.05) is 18.2 Å². The van der Waals surface area contributed by atoms with Crippen molar-refractivity contribution in [2.45, 2.75) is 0 Å². The van der Waals surface area contributed by atoms with Gasteiger partial charge in [-0.3, -0.25) is 9.32 Å². The molecule has 30 heavy (non-hydrogen) atoms. The van der Waals surface area contributed by atoms with Crippen molar-refractivity contribution in [1.82, 2.24) is 10.3 Å². The summed E-state index contributed by atoms with van der Waals surface area (Å²) in [6.07, 6.45) is 0. The molecule has 4 rings (SSSR count). The summed E-state index contributed by atoms with van der Waals surface area (Å²) in [5, 5.41) is 15.1. The fraction of sp³-hybridized carbons (Fsp3) is 0.0556. The zero-order chi connectivity index (χ0) is 21.6. The smallest absolute Gasteiger partial charge is 0.397 e. The minimum Gasteiger partial charge on any atom is -0.397 e. The number of halogens is 1. The Morgan fingerprint density at radius 1 is 1.37 bits per heavy atom. The molecule has 0 radical (unpaired) electrons. The number of H-pyrrole nitrogens is 1. The zero-order valence-corrected chi connectivity index (χ0v) is 18.3. The highest BCUT2D eigenvalue weighted by Gasteiger charge is 2.32. The Hall–Kier alpha value is -3.44. The average Bonchev–Trinajstić information content (AvgIpc) is 3.21. The summed E-state index contributed by atoms with van der Waals surface area (Å²) in [5.74, 6) is -0.517. The first-order valence-corrected chi connectivity index (χ1v) is 10.3. The number of nitrogen functional groups attached to an aromatic ring is 2. The van der Waals surface area contributed by atoms with Crippen molar-refractivity contribution in [2.24, 2.45) is 7.05 Å². The summed E-state index contributed by atoms with van der Waals surface area (Å²) in [4.78, 5) is 29.9. The summed E-state index contributed by atoms with van der Waals surface area (Å²) >= 11 is 3.18. The van der Waals surface area contributed by atoms with E-state index < -0.39 is 11.5 Å². The average molecular weight is 534 g/mol. The molecule has 6 N–H and O–H groups in total. The number of nitrogens with zero attached hydrogens (tertiary/aromatic N) is 3. The first kappa shape index (κ1) is 19.9. The Morgan fingerprint density at radius 2 is 2.07 bits per heavy atom. The molecule has 0 aliphatic rings. The van der Waals surface area contributed by atoms with Crippen LogP contribution in [0.15, 0.2) is 33.6 Å². The Labute approximate surface area is 186 Å². The van der Waals surface area contributed by atoms with Gasteiger partial charge in [-0.25, -0.2) is 9.78 Å². The lowest BCUT2D eigenvalue weighted by Gasteiger charge is -2.05. The van der Waals surface area contributed by atoms with Crippen molar-refractivity contribution in [3.05, 3.63) is 48.7 Å². The van der Waals surface area contributed by atoms with Crippen molar-refractivity contribution >= 4 is 67.2 Å². The number of hydrogen-bond donors (Lipinski definition) is 4. The maximum absolute atomic E-state index is 12.9. The van der Waals surface area contributed by atoms with Gasteiger partial charge in [-0.05, 0) is 52.1 Å². The number of aromatic amines is 1. The molecule has 150 valence electrons. The van der Waals surface area contributed by atoms with Gasteiger partial charge in [0.25, 0.3) is 5.91 Å². The van der Waals surface area contributed by atoms with E-state index in [1.165, 1.54) is 11.7 Å². The van der Waals surface area contributed by atoms with Crippen LogP contribution in [0.2, 0.25) is 0 Å². The van der Waals surface area contributed by atoms with E-state index in [9.17, 15) is 14.9 Å². The number of carbonyl (C=O) groups excluding carboxylic acids is 1. The van der Waals surface area contributed by atoms with Gasteiger partial charge in [-0.1, -0.05) is 4.68 Å². The molecule has 0 saturated carbocycles. The Bertz CT molecular complexity index is 1410. The number of hydrogen-bond acceptors (Lipinski definition) is 8. The summed E-state index contributed by atoms with van der Waals surface area (Å²) in [6, 6.07) is 9.21. The van der Waals surface area contributed by atoms with Gasteiger partial charge in [-0.15, -0.1) is 11.3 Å². The molecule has 4 aromatic rings. The van der Waals surface area contributed by atoms with Gasteiger partial charge >= 0.3 is 11.3 Å². The normalized spacial score (nSPS) is 10.8. The Kier molecular flexibility index (Phi) is 4.92. The van der Waals surface area contributed by atoms with E-state index in [-0.39, 0.29) is 33.2 Å². The number of benzene rings is 1. The van der Waals surface area contributed by atoms with Crippen LogP contribution in [-0.2, 0) is 7.05 Å². The third kappa shape index (κ3) is 3.17. The molecule has 0 spiro atoms. The molecule has 1 amide bonds. The zero-order valence-electron chi connectivity index (χ0n) is 15.3. The highest BCUT2D eigenvalue weighted by Crippen LogP contribution is 2.41. The van der Waals surface area contributed by atoms with Gasteiger partial charge in [0.05, 0.1) is 16.6 Å². The second-order valence-corrected chi connectivity index (χ2v) is 8.48. The van der Waals surface area contributed by atoms with Crippen molar-refractivity contribution in [3.63, 3.8) is 0 Å². The molecule has 12 heteroatoms. The molecule has 0 aliphatic heterocycles. The number of carbonyl (C=O) groups is 1. The van der Waals surface area contributed by atoms with E-state index in [1.54, 1.807) is 12.1 Å². The van der Waals surface area contributed by atoms with Gasteiger partial charge in [-0.2, -0.15) is 5.26 Å². The molecule has 0 bridgehead atoms. The van der Waals surface area contributed by atoms with Crippen molar-refractivity contribution in [2.75, 3.05) is 16.8 Å². The number of nitrogens with one attached hydrogen (secondary N) is 2. The van der Waals surface area contributed by atoms with Gasteiger partial charge in [0.15, 0.2) is 7.05 Å². The number of nitriles is 1. The van der Waals surface area contributed by atoms with Crippen LogP contribution in [0.1, 0.15) is 15.2 Å². The summed E-state index contributed by atoms with van der Waals surface area (Å²) in [7, 11) is 1.54. The molecule has 0 atom stereocenters. The standard InChI is InChI=1S/C18H12IN7O3S/c1-26-13(18(28)29-25-26)10-9(6-20)15(22)24-17-11(10)12(21)14(30-17)16(27)23-8-4-2-7(19)3-5-8/h2-5H,1H3,(H5-,21,22,23,24,25,27,28)/p+1. The number of nitrogens with two attached hydrogens (primary N) is 2. The molecule has 3 heterocycles. The number of thiophene rings is 1.